The van der Waals surface area contributed by atoms with Crippen LogP contribution in [0.1, 0.15) is 28.5 Å². The molecule has 1 saturated heterocycles. The second kappa shape index (κ2) is 15.4. The van der Waals surface area contributed by atoms with Gasteiger partial charge in [0.05, 0.1) is 0 Å². The van der Waals surface area contributed by atoms with Crippen molar-refractivity contribution in [2.75, 3.05) is 18.2 Å². The molecule has 6 rings (SSSR count). The second-order valence-corrected chi connectivity index (χ2v) is 13.3. The van der Waals surface area contributed by atoms with Gasteiger partial charge in [-0.25, -0.2) is 14.6 Å². The normalized spacial score (nSPS) is 17.0. The van der Waals surface area contributed by atoms with E-state index in [-0.39, 0.29) is 33.2 Å². The SMILES string of the molecule is CON=C(C(=O)N[C@@H]1C(=O)N2C(C(=O)OC(c3ccccc3)c3ccccc3)=CCS[C@@H]12)c1nc(NC(=O)OCc2ccccc2)sc1Cl. The molecule has 0 aliphatic carbocycles. The first-order valence-electron chi connectivity index (χ1n) is 14.9. The fraction of sp³-hybridized carbons (Fsp3) is 0.176. The molecule has 4 aromatic rings. The molecule has 2 N–H and O–H groups in total. The van der Waals surface area contributed by atoms with Crippen molar-refractivity contribution < 1.29 is 33.5 Å². The van der Waals surface area contributed by atoms with Crippen molar-refractivity contribution in [2.24, 2.45) is 5.16 Å². The fourth-order valence-corrected chi connectivity index (χ4v) is 7.35. The third-order valence-corrected chi connectivity index (χ3v) is 9.75. The van der Waals surface area contributed by atoms with E-state index < -0.39 is 41.4 Å². The molecule has 0 radical (unpaired) electrons. The summed E-state index contributed by atoms with van der Waals surface area (Å²) >= 11 is 8.65. The minimum Gasteiger partial charge on any atom is -0.448 e. The molecule has 0 unspecified atom stereocenters. The summed E-state index contributed by atoms with van der Waals surface area (Å²) in [6.07, 6.45) is 0.168. The number of anilines is 1. The van der Waals surface area contributed by atoms with Crippen LogP contribution in [-0.4, -0.2) is 63.8 Å². The van der Waals surface area contributed by atoms with Gasteiger partial charge in [0, 0.05) is 5.75 Å². The third kappa shape index (κ3) is 7.61. The lowest BCUT2D eigenvalue weighted by Gasteiger charge is -2.48. The molecule has 1 aromatic heterocycles. The average Bonchev–Trinajstić information content (AvgIpc) is 3.49. The van der Waals surface area contributed by atoms with Gasteiger partial charge in [0.1, 0.15) is 40.9 Å². The summed E-state index contributed by atoms with van der Waals surface area (Å²) in [6.45, 7) is 0.0400. The predicted molar refractivity (Wildman–Crippen MR) is 185 cm³/mol. The quantitative estimate of drug-likeness (QED) is 0.0887. The van der Waals surface area contributed by atoms with Crippen LogP contribution in [0.3, 0.4) is 0 Å². The number of halogens is 1. The van der Waals surface area contributed by atoms with Gasteiger partial charge in [-0.1, -0.05) is 119 Å². The Hall–Kier alpha value is -5.18. The number of hydrogen-bond donors (Lipinski definition) is 2. The topological polar surface area (TPSA) is 149 Å². The number of aromatic nitrogens is 1. The standard InChI is InChI=1S/C34H28ClN5O7S2/c1-45-39-25(24-28(35)49-33(37-24)38-34(44)46-19-20-11-5-2-6-12-20)29(41)36-26-30(42)40-23(17-18-48-31(26)40)32(43)47-27(21-13-7-3-8-14-21)22-15-9-4-10-16-22/h2-17,26-27,31H,18-19H2,1H3,(H,36,41)(H,37,38,44)/t26-,31+/m1/s1. The number of nitrogens with one attached hydrogen (secondary N) is 2. The Bertz CT molecular complexity index is 1870. The largest absolute Gasteiger partial charge is 0.448 e. The van der Waals surface area contributed by atoms with E-state index in [9.17, 15) is 19.2 Å². The summed E-state index contributed by atoms with van der Waals surface area (Å²) in [5.74, 6) is -1.56. The van der Waals surface area contributed by atoms with Crippen LogP contribution in [0.2, 0.25) is 4.34 Å². The van der Waals surface area contributed by atoms with Crippen molar-refractivity contribution in [1.29, 1.82) is 0 Å². The molecule has 3 aromatic carbocycles. The molecule has 0 saturated carbocycles. The number of oxime groups is 1. The van der Waals surface area contributed by atoms with Crippen molar-refractivity contribution in [1.82, 2.24) is 15.2 Å². The van der Waals surface area contributed by atoms with Crippen LogP contribution >= 0.6 is 34.7 Å². The van der Waals surface area contributed by atoms with E-state index in [0.717, 1.165) is 28.0 Å². The van der Waals surface area contributed by atoms with Crippen LogP contribution in [0.5, 0.6) is 0 Å². The lowest BCUT2D eigenvalue weighted by Crippen LogP contribution is -2.70. The summed E-state index contributed by atoms with van der Waals surface area (Å²) in [5, 5.41) is 8.43. The maximum atomic E-state index is 13.6. The molecule has 3 amide bonds. The number of carbonyl (C=O) groups is 4. The molecule has 0 spiro atoms. The van der Waals surface area contributed by atoms with E-state index in [4.69, 9.17) is 25.9 Å². The molecule has 250 valence electrons. The number of nitrogens with zero attached hydrogens (tertiary/aromatic N) is 3. The number of thioether (sulfide) groups is 1. The Morgan fingerprint density at radius 1 is 1.00 bits per heavy atom. The van der Waals surface area contributed by atoms with E-state index in [0.29, 0.717) is 5.75 Å². The first-order valence-corrected chi connectivity index (χ1v) is 17.1. The minimum atomic E-state index is -0.988. The molecular weight excluding hydrogens is 690 g/mol. The van der Waals surface area contributed by atoms with Crippen LogP contribution in [0, 0.1) is 0 Å². The number of esters is 1. The highest BCUT2D eigenvalue weighted by Gasteiger charge is 2.53. The zero-order valence-corrected chi connectivity index (χ0v) is 28.2. The van der Waals surface area contributed by atoms with Gasteiger partial charge in [-0.05, 0) is 22.8 Å². The molecule has 12 nitrogen and oxygen atoms in total. The lowest BCUT2D eigenvalue weighted by atomic mass is 10.0. The first kappa shape index (κ1) is 33.7. The number of β-lactam (4-membered cyclic amide) rings is 1. The molecule has 2 atom stereocenters. The second-order valence-electron chi connectivity index (χ2n) is 10.5. The maximum absolute atomic E-state index is 13.6. The van der Waals surface area contributed by atoms with Crippen LogP contribution in [0.4, 0.5) is 9.93 Å². The first-order chi connectivity index (χ1) is 23.8. The van der Waals surface area contributed by atoms with Gasteiger partial charge in [-0.2, -0.15) is 0 Å². The monoisotopic (exact) mass is 717 g/mol. The van der Waals surface area contributed by atoms with E-state index in [1.54, 1.807) is 6.08 Å². The minimum absolute atomic E-state index is 0.0391. The number of hydrogen-bond acceptors (Lipinski definition) is 11. The van der Waals surface area contributed by atoms with Crippen LogP contribution in [0.25, 0.3) is 0 Å². The highest BCUT2D eigenvalue weighted by atomic mass is 35.5. The Morgan fingerprint density at radius 2 is 1.63 bits per heavy atom. The van der Waals surface area contributed by atoms with E-state index in [2.05, 4.69) is 20.8 Å². The highest BCUT2D eigenvalue weighted by Crippen LogP contribution is 2.39. The zero-order chi connectivity index (χ0) is 34.3. The van der Waals surface area contributed by atoms with Crippen LogP contribution < -0.4 is 10.6 Å². The molecule has 0 bridgehead atoms. The Morgan fingerprint density at radius 3 is 2.27 bits per heavy atom. The van der Waals surface area contributed by atoms with Gasteiger partial charge in [-0.15, -0.1) is 11.8 Å². The van der Waals surface area contributed by atoms with Crippen molar-refractivity contribution in [3.63, 3.8) is 0 Å². The van der Waals surface area contributed by atoms with Gasteiger partial charge in [0.25, 0.3) is 11.8 Å². The molecule has 2 aliphatic rings. The maximum Gasteiger partial charge on any atom is 0.413 e. The fourth-order valence-electron chi connectivity index (χ4n) is 5.12. The van der Waals surface area contributed by atoms with Gasteiger partial charge < -0.3 is 19.6 Å². The van der Waals surface area contributed by atoms with E-state index in [1.807, 2.05) is 91.0 Å². The summed E-state index contributed by atoms with van der Waals surface area (Å²) in [5.41, 5.74) is 2.06. The molecular formula is C34H28ClN5O7S2. The van der Waals surface area contributed by atoms with Crippen molar-refractivity contribution in [3.8, 4) is 0 Å². The molecule has 3 heterocycles. The molecule has 49 heavy (non-hydrogen) atoms. The van der Waals surface area contributed by atoms with Crippen molar-refractivity contribution in [3.05, 3.63) is 129 Å². The van der Waals surface area contributed by atoms with Gasteiger partial charge >= 0.3 is 12.1 Å². The van der Waals surface area contributed by atoms with Crippen LogP contribution in [0.15, 0.2) is 108 Å². The Balaban J connectivity index is 1.11. The summed E-state index contributed by atoms with van der Waals surface area (Å²) in [6, 6.07) is 26.8. The van der Waals surface area contributed by atoms with Gasteiger partial charge in [-0.3, -0.25) is 19.8 Å². The third-order valence-electron chi connectivity index (χ3n) is 7.40. The predicted octanol–water partition coefficient (Wildman–Crippen LogP) is 5.51. The number of rotatable bonds is 11. The zero-order valence-electron chi connectivity index (χ0n) is 25.8. The Labute approximate surface area is 294 Å². The molecule has 15 heteroatoms. The molecule has 2 aliphatic heterocycles. The van der Waals surface area contributed by atoms with Crippen molar-refractivity contribution >= 4 is 69.4 Å². The summed E-state index contributed by atoms with van der Waals surface area (Å²) in [4.78, 5) is 63.2. The summed E-state index contributed by atoms with van der Waals surface area (Å²) < 4.78 is 11.3. The van der Waals surface area contributed by atoms with E-state index in [1.165, 1.54) is 23.8 Å². The van der Waals surface area contributed by atoms with E-state index >= 15 is 0 Å². The number of amides is 3. The number of ether oxygens (including phenoxy) is 2. The highest BCUT2D eigenvalue weighted by molar-refractivity contribution is 8.00. The summed E-state index contributed by atoms with van der Waals surface area (Å²) in [7, 11) is 1.24. The van der Waals surface area contributed by atoms with Crippen LogP contribution in [-0.2, 0) is 35.3 Å². The van der Waals surface area contributed by atoms with Gasteiger partial charge in [0.2, 0.25) is 0 Å². The average molecular weight is 718 g/mol. The number of carbonyl (C=O) groups excluding carboxylic acids is 4. The smallest absolute Gasteiger partial charge is 0.413 e. The number of benzene rings is 3. The van der Waals surface area contributed by atoms with Gasteiger partial charge in [0.15, 0.2) is 16.9 Å². The molecule has 1 fully saturated rings. The van der Waals surface area contributed by atoms with Crippen molar-refractivity contribution in [2.45, 2.75) is 24.1 Å². The number of fused-ring (bicyclic) bond motifs is 1. The Kier molecular flexibility index (Phi) is 10.6. The lowest BCUT2D eigenvalue weighted by molar-refractivity contribution is -0.154. The number of thiazole rings is 1.